The van der Waals surface area contributed by atoms with Crippen molar-refractivity contribution in [1.29, 1.82) is 0 Å². The molecule has 0 N–H and O–H groups in total. The summed E-state index contributed by atoms with van der Waals surface area (Å²) in [5.74, 6) is -1.18. The second-order valence-corrected chi connectivity index (χ2v) is 10.5. The van der Waals surface area contributed by atoms with E-state index in [-0.39, 0.29) is 29.2 Å². The summed E-state index contributed by atoms with van der Waals surface area (Å²) in [6.45, 7) is 0. The van der Waals surface area contributed by atoms with Gasteiger partial charge in [0.05, 0.1) is 4.90 Å². The lowest BCUT2D eigenvalue weighted by Gasteiger charge is -2.40. The molecule has 0 radical (unpaired) electrons. The van der Waals surface area contributed by atoms with Gasteiger partial charge >= 0.3 is 0 Å². The van der Waals surface area contributed by atoms with Gasteiger partial charge in [-0.05, 0) is 79.6 Å². The minimum absolute atomic E-state index is 0.0636. The fourth-order valence-electron chi connectivity index (χ4n) is 4.51. The number of sulfone groups is 1. The molecule has 0 atom stereocenters. The third kappa shape index (κ3) is 3.65. The van der Waals surface area contributed by atoms with E-state index in [0.717, 1.165) is 23.8 Å². The van der Waals surface area contributed by atoms with Crippen LogP contribution < -0.4 is 0 Å². The fourth-order valence-corrected chi connectivity index (χ4v) is 6.80. The van der Waals surface area contributed by atoms with Crippen LogP contribution in [-0.2, 0) is 14.6 Å². The summed E-state index contributed by atoms with van der Waals surface area (Å²) < 4.78 is 55.0. The van der Waals surface area contributed by atoms with Gasteiger partial charge in [-0.3, -0.25) is 0 Å². The van der Waals surface area contributed by atoms with Gasteiger partial charge in [0, 0.05) is 10.6 Å². The van der Waals surface area contributed by atoms with Gasteiger partial charge in [-0.1, -0.05) is 41.9 Å². The second-order valence-electron chi connectivity index (χ2n) is 7.76. The first-order chi connectivity index (χ1) is 14.3. The van der Waals surface area contributed by atoms with Crippen molar-refractivity contribution in [1.82, 2.24) is 0 Å². The molecule has 0 aromatic heterocycles. The summed E-state index contributed by atoms with van der Waals surface area (Å²) in [4.78, 5) is 0.0636. The Morgan fingerprint density at radius 1 is 0.867 bits per heavy atom. The summed E-state index contributed by atoms with van der Waals surface area (Å²) in [6.07, 6.45) is 1.54. The predicted octanol–water partition coefficient (Wildman–Crippen LogP) is 6.65. The van der Waals surface area contributed by atoms with Gasteiger partial charge in [-0.2, -0.15) is 0 Å². The van der Waals surface area contributed by atoms with Crippen LogP contribution >= 0.6 is 11.6 Å². The van der Waals surface area contributed by atoms with Crippen molar-refractivity contribution in [3.63, 3.8) is 0 Å². The Kier molecular flexibility index (Phi) is 5.69. The molecular weight excluding hydrogens is 426 g/mol. The molecular formula is C24H21ClF2O2S. The van der Waals surface area contributed by atoms with E-state index in [1.165, 1.54) is 24.3 Å². The Bertz CT molecular complexity index is 1140. The first kappa shape index (κ1) is 21.0. The number of benzene rings is 3. The zero-order valence-electron chi connectivity index (χ0n) is 16.2. The van der Waals surface area contributed by atoms with E-state index in [2.05, 4.69) is 0 Å². The molecule has 3 aromatic carbocycles. The Morgan fingerprint density at radius 3 is 2.13 bits per heavy atom. The summed E-state index contributed by atoms with van der Waals surface area (Å²) >= 11 is 5.93. The third-order valence-electron chi connectivity index (χ3n) is 6.12. The predicted molar refractivity (Wildman–Crippen MR) is 114 cm³/mol. The minimum atomic E-state index is -4.00. The molecule has 1 aliphatic carbocycles. The van der Waals surface area contributed by atoms with Crippen LogP contribution in [0.25, 0.3) is 0 Å². The van der Waals surface area contributed by atoms with Gasteiger partial charge in [-0.25, -0.2) is 17.2 Å². The molecule has 0 bridgehead atoms. The molecule has 30 heavy (non-hydrogen) atoms. The second kappa shape index (κ2) is 8.12. The summed E-state index contributed by atoms with van der Waals surface area (Å²) in [5.41, 5.74) is 1.04. The zero-order chi connectivity index (χ0) is 21.4. The third-order valence-corrected chi connectivity index (χ3v) is 8.92. The summed E-state index contributed by atoms with van der Waals surface area (Å²) in [7, 11) is -4.00. The SMILES string of the molecule is O=S(=O)(c1ccc(Cl)cc1)C1(c2cc(F)ccc2F)CCC(c2ccccc2)CC1. The number of rotatable bonds is 4. The number of hydrogen-bond donors (Lipinski definition) is 0. The van der Waals surface area contributed by atoms with Crippen molar-refractivity contribution in [2.45, 2.75) is 41.2 Å². The van der Waals surface area contributed by atoms with Gasteiger partial charge in [0.25, 0.3) is 0 Å². The lowest BCUT2D eigenvalue weighted by atomic mass is 9.75. The van der Waals surface area contributed by atoms with Crippen molar-refractivity contribution in [2.75, 3.05) is 0 Å². The molecule has 156 valence electrons. The summed E-state index contributed by atoms with van der Waals surface area (Å²) in [6, 6.07) is 18.8. The Hall–Kier alpha value is -2.24. The van der Waals surface area contributed by atoms with Crippen LogP contribution in [-0.4, -0.2) is 8.42 Å². The van der Waals surface area contributed by atoms with Crippen LogP contribution in [0.15, 0.2) is 77.7 Å². The normalized spacial score (nSPS) is 22.0. The molecule has 0 unspecified atom stereocenters. The van der Waals surface area contributed by atoms with Crippen molar-refractivity contribution >= 4 is 21.4 Å². The van der Waals surface area contributed by atoms with Gasteiger partial charge in [0.15, 0.2) is 9.84 Å². The van der Waals surface area contributed by atoms with Gasteiger partial charge in [-0.15, -0.1) is 0 Å². The van der Waals surface area contributed by atoms with Gasteiger partial charge < -0.3 is 0 Å². The van der Waals surface area contributed by atoms with Crippen molar-refractivity contribution in [2.24, 2.45) is 0 Å². The molecule has 0 spiro atoms. The first-order valence-corrected chi connectivity index (χ1v) is 11.7. The van der Waals surface area contributed by atoms with E-state index in [1.54, 1.807) is 0 Å². The highest BCUT2D eigenvalue weighted by atomic mass is 35.5. The molecule has 1 saturated carbocycles. The lowest BCUT2D eigenvalue weighted by Crippen LogP contribution is -2.40. The monoisotopic (exact) mass is 446 g/mol. The average Bonchev–Trinajstić information content (AvgIpc) is 2.76. The molecule has 1 aliphatic rings. The van der Waals surface area contributed by atoms with E-state index in [0.29, 0.717) is 17.9 Å². The van der Waals surface area contributed by atoms with Gasteiger partial charge in [0.2, 0.25) is 0 Å². The Labute approximate surface area is 180 Å². The van der Waals surface area contributed by atoms with E-state index < -0.39 is 26.2 Å². The molecule has 4 rings (SSSR count). The van der Waals surface area contributed by atoms with Crippen LogP contribution in [0.4, 0.5) is 8.78 Å². The molecule has 0 amide bonds. The molecule has 1 fully saturated rings. The Morgan fingerprint density at radius 2 is 1.50 bits per heavy atom. The van der Waals surface area contributed by atoms with E-state index >= 15 is 0 Å². The van der Waals surface area contributed by atoms with Crippen LogP contribution in [0.1, 0.15) is 42.7 Å². The largest absolute Gasteiger partial charge is 0.223 e. The van der Waals surface area contributed by atoms with E-state index in [4.69, 9.17) is 11.6 Å². The highest BCUT2D eigenvalue weighted by Gasteiger charge is 2.50. The molecule has 0 aliphatic heterocycles. The zero-order valence-corrected chi connectivity index (χ0v) is 17.8. The van der Waals surface area contributed by atoms with Crippen LogP contribution in [0.5, 0.6) is 0 Å². The maximum atomic E-state index is 14.9. The van der Waals surface area contributed by atoms with E-state index in [9.17, 15) is 17.2 Å². The molecule has 3 aromatic rings. The van der Waals surface area contributed by atoms with Crippen LogP contribution in [0.2, 0.25) is 5.02 Å². The molecule has 2 nitrogen and oxygen atoms in total. The van der Waals surface area contributed by atoms with Crippen LogP contribution in [0.3, 0.4) is 0 Å². The standard InChI is InChI=1S/C24H21ClF2O2S/c25-19-6-9-21(10-7-19)30(28,29)24(22-16-20(26)8-11-23(22)27)14-12-18(13-15-24)17-4-2-1-3-5-17/h1-11,16,18H,12-15H2. The van der Waals surface area contributed by atoms with Crippen molar-refractivity contribution in [3.05, 3.63) is 101 Å². The first-order valence-electron chi connectivity index (χ1n) is 9.84. The molecule has 0 saturated heterocycles. The summed E-state index contributed by atoms with van der Waals surface area (Å²) in [5, 5.41) is 0.410. The smallest absolute Gasteiger partial charge is 0.188 e. The van der Waals surface area contributed by atoms with Crippen molar-refractivity contribution < 1.29 is 17.2 Å². The highest BCUT2D eigenvalue weighted by molar-refractivity contribution is 7.92. The number of hydrogen-bond acceptors (Lipinski definition) is 2. The van der Waals surface area contributed by atoms with Crippen LogP contribution in [0, 0.1) is 11.6 Å². The van der Waals surface area contributed by atoms with Gasteiger partial charge in [0.1, 0.15) is 16.4 Å². The quantitative estimate of drug-likeness (QED) is 0.450. The number of halogens is 3. The molecule has 0 heterocycles. The topological polar surface area (TPSA) is 34.1 Å². The van der Waals surface area contributed by atoms with Crippen molar-refractivity contribution in [3.8, 4) is 0 Å². The maximum absolute atomic E-state index is 14.9. The van der Waals surface area contributed by atoms with E-state index in [1.807, 2.05) is 30.3 Å². The molecule has 6 heteroatoms. The fraction of sp³-hybridized carbons (Fsp3) is 0.250. The maximum Gasteiger partial charge on any atom is 0.188 e. The average molecular weight is 447 g/mol. The Balaban J connectivity index is 1.81. The highest BCUT2D eigenvalue weighted by Crippen LogP contribution is 2.51. The lowest BCUT2D eigenvalue weighted by molar-refractivity contribution is 0.337. The minimum Gasteiger partial charge on any atom is -0.223 e.